The first kappa shape index (κ1) is 16.5. The van der Waals surface area contributed by atoms with Crippen LogP contribution in [0.15, 0.2) is 24.3 Å². The first-order valence-electron chi connectivity index (χ1n) is 8.80. The molecule has 1 aliphatic carbocycles. The molecule has 1 aromatic carbocycles. The molecule has 1 heterocycles. The normalized spacial score (nSPS) is 28.2. The van der Waals surface area contributed by atoms with Gasteiger partial charge in [-0.1, -0.05) is 31.2 Å². The Morgan fingerprint density at radius 3 is 2.91 bits per heavy atom. The van der Waals surface area contributed by atoms with E-state index in [2.05, 4.69) is 36.1 Å². The lowest BCUT2D eigenvalue weighted by molar-refractivity contribution is -0.134. The third-order valence-electron chi connectivity index (χ3n) is 5.56. The van der Waals surface area contributed by atoms with Gasteiger partial charge in [0.2, 0.25) is 5.91 Å². The average Bonchev–Trinajstić information content (AvgIpc) is 2.57. The number of aliphatic hydroxyl groups is 1. The number of aryl methyl sites for hydroxylation is 1. The van der Waals surface area contributed by atoms with Gasteiger partial charge >= 0.3 is 0 Å². The van der Waals surface area contributed by atoms with Gasteiger partial charge in [0.15, 0.2) is 0 Å². The van der Waals surface area contributed by atoms with Gasteiger partial charge in [-0.15, -0.1) is 0 Å². The van der Waals surface area contributed by atoms with Crippen molar-refractivity contribution in [3.63, 3.8) is 0 Å². The van der Waals surface area contributed by atoms with E-state index in [0.717, 1.165) is 32.2 Å². The summed E-state index contributed by atoms with van der Waals surface area (Å²) in [4.78, 5) is 16.7. The zero-order valence-corrected chi connectivity index (χ0v) is 14.2. The number of rotatable bonds is 3. The molecule has 1 fully saturated rings. The van der Waals surface area contributed by atoms with E-state index in [0.29, 0.717) is 19.0 Å². The SMILES string of the molecule is CC1CCN(CC(=O)N(C)C2CCCc3ccccc32)CC1O. The van der Waals surface area contributed by atoms with E-state index in [-0.39, 0.29) is 18.1 Å². The van der Waals surface area contributed by atoms with Crippen LogP contribution in [0.2, 0.25) is 0 Å². The number of carbonyl (C=O) groups is 1. The van der Waals surface area contributed by atoms with Crippen LogP contribution in [0.3, 0.4) is 0 Å². The van der Waals surface area contributed by atoms with Gasteiger partial charge in [-0.05, 0) is 49.3 Å². The summed E-state index contributed by atoms with van der Waals surface area (Å²) in [6.45, 7) is 4.01. The molecule has 3 unspecified atom stereocenters. The molecule has 23 heavy (non-hydrogen) atoms. The second-order valence-electron chi connectivity index (χ2n) is 7.18. The van der Waals surface area contributed by atoms with Crippen molar-refractivity contribution in [1.82, 2.24) is 9.80 Å². The molecule has 4 nitrogen and oxygen atoms in total. The summed E-state index contributed by atoms with van der Waals surface area (Å²) >= 11 is 0. The van der Waals surface area contributed by atoms with Crippen molar-refractivity contribution in [2.45, 2.75) is 44.8 Å². The Morgan fingerprint density at radius 1 is 1.35 bits per heavy atom. The molecule has 0 saturated carbocycles. The molecule has 0 radical (unpaired) electrons. The van der Waals surface area contributed by atoms with Crippen molar-refractivity contribution in [2.75, 3.05) is 26.7 Å². The minimum absolute atomic E-state index is 0.161. The Morgan fingerprint density at radius 2 is 2.13 bits per heavy atom. The molecule has 126 valence electrons. The van der Waals surface area contributed by atoms with E-state index in [9.17, 15) is 9.90 Å². The molecule has 4 heteroatoms. The Balaban J connectivity index is 1.64. The zero-order valence-electron chi connectivity index (χ0n) is 14.2. The van der Waals surface area contributed by atoms with Crippen LogP contribution in [0.4, 0.5) is 0 Å². The van der Waals surface area contributed by atoms with Gasteiger partial charge < -0.3 is 10.0 Å². The summed E-state index contributed by atoms with van der Waals surface area (Å²) in [6, 6.07) is 8.69. The Hall–Kier alpha value is -1.39. The zero-order chi connectivity index (χ0) is 16.4. The number of fused-ring (bicyclic) bond motifs is 1. The van der Waals surface area contributed by atoms with Crippen molar-refractivity contribution < 1.29 is 9.90 Å². The standard InChI is InChI=1S/C19H28N2O2/c1-14-10-11-21(12-18(14)22)13-19(23)20(2)17-9-5-7-15-6-3-4-8-16(15)17/h3-4,6,8,14,17-18,22H,5,7,9-13H2,1-2H3. The Labute approximate surface area is 139 Å². The maximum Gasteiger partial charge on any atom is 0.237 e. The first-order valence-corrected chi connectivity index (χ1v) is 8.80. The average molecular weight is 316 g/mol. The second-order valence-corrected chi connectivity index (χ2v) is 7.18. The molecule has 0 spiro atoms. The number of carbonyl (C=O) groups excluding carboxylic acids is 1. The summed E-state index contributed by atoms with van der Waals surface area (Å²) < 4.78 is 0. The molecule has 1 amide bonds. The quantitative estimate of drug-likeness (QED) is 0.930. The monoisotopic (exact) mass is 316 g/mol. The highest BCUT2D eigenvalue weighted by atomic mass is 16.3. The summed E-state index contributed by atoms with van der Waals surface area (Å²) in [6.07, 6.45) is 3.95. The van der Waals surface area contributed by atoms with Crippen LogP contribution in [0.1, 0.15) is 43.4 Å². The first-order chi connectivity index (χ1) is 11.1. The number of benzene rings is 1. The number of likely N-dealkylation sites (tertiary alicyclic amines) is 1. The third-order valence-corrected chi connectivity index (χ3v) is 5.56. The van der Waals surface area contributed by atoms with E-state index >= 15 is 0 Å². The number of likely N-dealkylation sites (N-methyl/N-ethyl adjacent to an activating group) is 1. The van der Waals surface area contributed by atoms with E-state index in [1.807, 2.05) is 11.9 Å². The molecule has 1 aliphatic heterocycles. The minimum Gasteiger partial charge on any atom is -0.392 e. The predicted molar refractivity (Wildman–Crippen MR) is 91.1 cm³/mol. The number of piperidine rings is 1. The lowest BCUT2D eigenvalue weighted by Gasteiger charge is -2.37. The van der Waals surface area contributed by atoms with Crippen molar-refractivity contribution >= 4 is 5.91 Å². The van der Waals surface area contributed by atoms with Gasteiger partial charge in [0.1, 0.15) is 0 Å². The van der Waals surface area contributed by atoms with Gasteiger partial charge in [-0.2, -0.15) is 0 Å². The molecule has 3 atom stereocenters. The Bertz CT molecular complexity index is 560. The maximum atomic E-state index is 12.7. The molecule has 1 aromatic rings. The largest absolute Gasteiger partial charge is 0.392 e. The second kappa shape index (κ2) is 7.02. The van der Waals surface area contributed by atoms with Crippen LogP contribution in [-0.2, 0) is 11.2 Å². The topological polar surface area (TPSA) is 43.8 Å². The smallest absolute Gasteiger partial charge is 0.237 e. The van der Waals surface area contributed by atoms with Crippen molar-refractivity contribution in [3.8, 4) is 0 Å². The van der Waals surface area contributed by atoms with E-state index in [1.165, 1.54) is 11.1 Å². The molecule has 3 rings (SSSR count). The van der Waals surface area contributed by atoms with E-state index in [1.54, 1.807) is 0 Å². The highest BCUT2D eigenvalue weighted by molar-refractivity contribution is 5.78. The summed E-state index contributed by atoms with van der Waals surface area (Å²) in [5, 5.41) is 10.0. The number of amides is 1. The van der Waals surface area contributed by atoms with Crippen LogP contribution in [0, 0.1) is 5.92 Å². The lowest BCUT2D eigenvalue weighted by atomic mass is 9.87. The summed E-state index contributed by atoms with van der Waals surface area (Å²) in [5.41, 5.74) is 2.69. The molecule has 1 saturated heterocycles. The van der Waals surface area contributed by atoms with Crippen LogP contribution in [-0.4, -0.2) is 53.6 Å². The number of hydrogen-bond acceptors (Lipinski definition) is 3. The van der Waals surface area contributed by atoms with Crippen molar-refractivity contribution in [1.29, 1.82) is 0 Å². The summed E-state index contributed by atoms with van der Waals surface area (Å²) in [7, 11) is 1.93. The fourth-order valence-electron chi connectivity index (χ4n) is 3.87. The minimum atomic E-state index is -0.308. The van der Waals surface area contributed by atoms with Crippen molar-refractivity contribution in [3.05, 3.63) is 35.4 Å². The molecule has 2 aliphatic rings. The van der Waals surface area contributed by atoms with Gasteiger partial charge in [-0.3, -0.25) is 9.69 Å². The van der Waals surface area contributed by atoms with E-state index < -0.39 is 0 Å². The number of aliphatic hydroxyl groups excluding tert-OH is 1. The molecule has 0 bridgehead atoms. The fraction of sp³-hybridized carbons (Fsp3) is 0.632. The van der Waals surface area contributed by atoms with Crippen molar-refractivity contribution in [2.24, 2.45) is 5.92 Å². The van der Waals surface area contributed by atoms with E-state index in [4.69, 9.17) is 0 Å². The van der Waals surface area contributed by atoms with Gasteiger partial charge in [0.05, 0.1) is 18.7 Å². The molecular weight excluding hydrogens is 288 g/mol. The predicted octanol–water partition coefficient (Wildman–Crippen LogP) is 2.23. The number of hydrogen-bond donors (Lipinski definition) is 1. The van der Waals surface area contributed by atoms with Gasteiger partial charge in [0.25, 0.3) is 0 Å². The van der Waals surface area contributed by atoms with Gasteiger partial charge in [-0.25, -0.2) is 0 Å². The fourth-order valence-corrected chi connectivity index (χ4v) is 3.87. The highest BCUT2D eigenvalue weighted by Gasteiger charge is 2.30. The van der Waals surface area contributed by atoms with Crippen LogP contribution in [0.25, 0.3) is 0 Å². The van der Waals surface area contributed by atoms with Gasteiger partial charge in [0, 0.05) is 13.6 Å². The number of nitrogens with zero attached hydrogens (tertiary/aromatic N) is 2. The highest BCUT2D eigenvalue weighted by Crippen LogP contribution is 2.33. The Kier molecular flexibility index (Phi) is 5.02. The van der Waals surface area contributed by atoms with Crippen LogP contribution >= 0.6 is 0 Å². The summed E-state index contributed by atoms with van der Waals surface area (Å²) in [5.74, 6) is 0.498. The van der Waals surface area contributed by atoms with Crippen LogP contribution < -0.4 is 0 Å². The molecule has 0 aromatic heterocycles. The molecule has 1 N–H and O–H groups in total. The van der Waals surface area contributed by atoms with Crippen LogP contribution in [0.5, 0.6) is 0 Å². The third kappa shape index (κ3) is 3.59. The lowest BCUT2D eigenvalue weighted by Crippen LogP contribution is -2.48. The maximum absolute atomic E-state index is 12.7. The number of β-amino-alcohol motifs (C(OH)–C–C–N with tert-alkyl or cyclic N) is 1. The molecular formula is C19H28N2O2.